The number of anilines is 1. The number of aromatic nitrogens is 1. The van der Waals surface area contributed by atoms with E-state index in [1.165, 1.54) is 5.56 Å². The number of benzene rings is 2. The molecule has 1 heterocycles. The van der Waals surface area contributed by atoms with Crippen molar-refractivity contribution in [2.45, 2.75) is 27.2 Å². The molecule has 134 valence electrons. The highest BCUT2D eigenvalue weighted by atomic mass is 32.1. The van der Waals surface area contributed by atoms with Crippen LogP contribution in [-0.4, -0.2) is 18.0 Å². The van der Waals surface area contributed by atoms with Gasteiger partial charge in [-0.2, -0.15) is 0 Å². The first-order chi connectivity index (χ1) is 12.5. The van der Waals surface area contributed by atoms with Crippen molar-refractivity contribution in [1.29, 1.82) is 0 Å². The minimum atomic E-state index is -0.0494. The van der Waals surface area contributed by atoms with Crippen LogP contribution < -0.4 is 10.1 Å². The summed E-state index contributed by atoms with van der Waals surface area (Å²) < 4.78 is 5.18. The quantitative estimate of drug-likeness (QED) is 0.697. The lowest BCUT2D eigenvalue weighted by Gasteiger charge is -2.12. The van der Waals surface area contributed by atoms with Gasteiger partial charge in [0.05, 0.1) is 19.2 Å². The highest BCUT2D eigenvalue weighted by Crippen LogP contribution is 2.26. The Hall–Kier alpha value is -2.66. The van der Waals surface area contributed by atoms with Gasteiger partial charge in [0, 0.05) is 16.6 Å². The summed E-state index contributed by atoms with van der Waals surface area (Å²) in [5.41, 5.74) is 6.04. The van der Waals surface area contributed by atoms with E-state index < -0.39 is 0 Å². The molecule has 5 heteroatoms. The number of methoxy groups -OCH3 is 1. The molecule has 0 radical (unpaired) electrons. The average molecular weight is 366 g/mol. The van der Waals surface area contributed by atoms with Crippen LogP contribution in [0.1, 0.15) is 22.4 Å². The highest BCUT2D eigenvalue weighted by Gasteiger charge is 2.12. The van der Waals surface area contributed by atoms with E-state index in [4.69, 9.17) is 4.74 Å². The molecule has 0 aliphatic carbocycles. The fourth-order valence-corrected chi connectivity index (χ4v) is 3.81. The molecule has 0 atom stereocenters. The summed E-state index contributed by atoms with van der Waals surface area (Å²) in [4.78, 5) is 17.0. The Labute approximate surface area is 157 Å². The molecule has 0 saturated carbocycles. The van der Waals surface area contributed by atoms with E-state index in [9.17, 15) is 4.79 Å². The largest absolute Gasteiger partial charge is 0.497 e. The van der Waals surface area contributed by atoms with Gasteiger partial charge in [-0.15, -0.1) is 11.3 Å². The van der Waals surface area contributed by atoms with Crippen LogP contribution in [-0.2, 0) is 11.2 Å². The Morgan fingerprint density at radius 1 is 1.12 bits per heavy atom. The third kappa shape index (κ3) is 4.11. The van der Waals surface area contributed by atoms with E-state index in [0.29, 0.717) is 0 Å². The van der Waals surface area contributed by atoms with Crippen molar-refractivity contribution in [3.63, 3.8) is 0 Å². The lowest BCUT2D eigenvalue weighted by molar-refractivity contribution is -0.115. The molecule has 0 fully saturated rings. The van der Waals surface area contributed by atoms with Gasteiger partial charge in [0.1, 0.15) is 10.8 Å². The molecule has 3 rings (SSSR count). The molecule has 2 aromatic carbocycles. The second kappa shape index (κ2) is 7.70. The van der Waals surface area contributed by atoms with Gasteiger partial charge in [-0.05, 0) is 56.2 Å². The molecule has 0 unspecified atom stereocenters. The van der Waals surface area contributed by atoms with E-state index in [-0.39, 0.29) is 12.3 Å². The molecule has 0 spiro atoms. The first kappa shape index (κ1) is 18.1. The third-order valence-corrected chi connectivity index (χ3v) is 5.11. The number of carbonyl (C=O) groups excluding carboxylic acids is 1. The van der Waals surface area contributed by atoms with Crippen LogP contribution >= 0.6 is 11.3 Å². The van der Waals surface area contributed by atoms with Crippen molar-refractivity contribution in [1.82, 2.24) is 4.98 Å². The number of nitrogens with zero attached hydrogens (tertiary/aromatic N) is 1. The minimum Gasteiger partial charge on any atom is -0.497 e. The first-order valence-corrected chi connectivity index (χ1v) is 9.31. The number of thiazole rings is 1. The summed E-state index contributed by atoms with van der Waals surface area (Å²) >= 11 is 1.54. The summed E-state index contributed by atoms with van der Waals surface area (Å²) in [5, 5.41) is 5.87. The summed E-state index contributed by atoms with van der Waals surface area (Å²) in [7, 11) is 1.65. The third-order valence-electron chi connectivity index (χ3n) is 4.17. The second-order valence-electron chi connectivity index (χ2n) is 6.37. The standard InChI is InChI=1S/C21H22N2O2S/c1-13-9-14(2)20(15(3)10-13)23-19(24)11-17-12-26-21(22-17)16-5-7-18(25-4)8-6-16/h5-10,12H,11H2,1-4H3,(H,23,24). The van der Waals surface area contributed by atoms with E-state index in [1.807, 2.05) is 43.5 Å². The van der Waals surface area contributed by atoms with Crippen LogP contribution in [0.4, 0.5) is 5.69 Å². The molecular weight excluding hydrogens is 344 g/mol. The van der Waals surface area contributed by atoms with Crippen LogP contribution in [0.2, 0.25) is 0 Å². The lowest BCUT2D eigenvalue weighted by atomic mass is 10.0. The SMILES string of the molecule is COc1ccc(-c2nc(CC(=O)Nc3c(C)cc(C)cc3C)cs2)cc1. The van der Waals surface area contributed by atoms with Crippen molar-refractivity contribution < 1.29 is 9.53 Å². The van der Waals surface area contributed by atoms with Crippen molar-refractivity contribution >= 4 is 22.9 Å². The number of rotatable bonds is 5. The van der Waals surface area contributed by atoms with Gasteiger partial charge in [0.25, 0.3) is 0 Å². The lowest BCUT2D eigenvalue weighted by Crippen LogP contribution is -2.16. The Balaban J connectivity index is 1.70. The molecule has 0 bridgehead atoms. The number of aryl methyl sites for hydroxylation is 3. The summed E-state index contributed by atoms with van der Waals surface area (Å²) in [6, 6.07) is 11.9. The maximum atomic E-state index is 12.4. The molecule has 3 aromatic rings. The monoisotopic (exact) mass is 366 g/mol. The molecule has 0 saturated heterocycles. The van der Waals surface area contributed by atoms with Crippen LogP contribution in [0, 0.1) is 20.8 Å². The van der Waals surface area contributed by atoms with Crippen molar-refractivity contribution in [2.24, 2.45) is 0 Å². The van der Waals surface area contributed by atoms with Gasteiger partial charge < -0.3 is 10.1 Å². The average Bonchev–Trinajstić information content (AvgIpc) is 3.06. The highest BCUT2D eigenvalue weighted by molar-refractivity contribution is 7.13. The Morgan fingerprint density at radius 2 is 1.77 bits per heavy atom. The molecule has 1 aromatic heterocycles. The first-order valence-electron chi connectivity index (χ1n) is 8.43. The number of hydrogen-bond acceptors (Lipinski definition) is 4. The van der Waals surface area contributed by atoms with Crippen LogP contribution in [0.15, 0.2) is 41.8 Å². The van der Waals surface area contributed by atoms with E-state index in [0.717, 1.165) is 38.8 Å². The smallest absolute Gasteiger partial charge is 0.230 e. The Kier molecular flexibility index (Phi) is 5.38. The van der Waals surface area contributed by atoms with Gasteiger partial charge in [-0.1, -0.05) is 17.7 Å². The van der Waals surface area contributed by atoms with Crippen molar-refractivity contribution in [3.8, 4) is 16.3 Å². The topological polar surface area (TPSA) is 51.2 Å². The Morgan fingerprint density at radius 3 is 2.38 bits per heavy atom. The number of ether oxygens (including phenoxy) is 1. The Bertz CT molecular complexity index is 906. The van der Waals surface area contributed by atoms with E-state index >= 15 is 0 Å². The zero-order chi connectivity index (χ0) is 18.7. The van der Waals surface area contributed by atoms with Crippen molar-refractivity contribution in [2.75, 3.05) is 12.4 Å². The second-order valence-corrected chi connectivity index (χ2v) is 7.23. The predicted octanol–water partition coefficient (Wildman–Crippen LogP) is 4.93. The molecule has 0 aliphatic rings. The van der Waals surface area contributed by atoms with Crippen LogP contribution in [0.3, 0.4) is 0 Å². The zero-order valence-corrected chi connectivity index (χ0v) is 16.2. The molecular formula is C21H22N2O2S. The normalized spacial score (nSPS) is 10.6. The maximum absolute atomic E-state index is 12.4. The predicted molar refractivity (Wildman–Crippen MR) is 107 cm³/mol. The minimum absolute atomic E-state index is 0.0494. The summed E-state index contributed by atoms with van der Waals surface area (Å²) in [6.07, 6.45) is 0.263. The number of nitrogens with one attached hydrogen (secondary N) is 1. The molecule has 0 aliphatic heterocycles. The number of carbonyl (C=O) groups is 1. The van der Waals surface area contributed by atoms with Crippen LogP contribution in [0.25, 0.3) is 10.6 Å². The summed E-state index contributed by atoms with van der Waals surface area (Å²) in [5.74, 6) is 0.764. The van der Waals surface area contributed by atoms with E-state index in [1.54, 1.807) is 18.4 Å². The molecule has 4 nitrogen and oxygen atoms in total. The van der Waals surface area contributed by atoms with Gasteiger partial charge >= 0.3 is 0 Å². The zero-order valence-electron chi connectivity index (χ0n) is 15.4. The summed E-state index contributed by atoms with van der Waals surface area (Å²) in [6.45, 7) is 6.09. The molecule has 1 N–H and O–H groups in total. The van der Waals surface area contributed by atoms with Crippen LogP contribution in [0.5, 0.6) is 5.75 Å². The number of amides is 1. The van der Waals surface area contributed by atoms with E-state index in [2.05, 4.69) is 29.4 Å². The van der Waals surface area contributed by atoms with Crippen molar-refractivity contribution in [3.05, 3.63) is 64.2 Å². The van der Waals surface area contributed by atoms with Gasteiger partial charge in [0.2, 0.25) is 5.91 Å². The fraction of sp³-hybridized carbons (Fsp3) is 0.238. The van der Waals surface area contributed by atoms with Gasteiger partial charge in [-0.3, -0.25) is 4.79 Å². The maximum Gasteiger partial charge on any atom is 0.230 e. The molecule has 26 heavy (non-hydrogen) atoms. The van der Waals surface area contributed by atoms with Gasteiger partial charge in [-0.25, -0.2) is 4.98 Å². The fourth-order valence-electron chi connectivity index (χ4n) is 2.98. The molecule has 1 amide bonds. The number of hydrogen-bond donors (Lipinski definition) is 1. The van der Waals surface area contributed by atoms with Gasteiger partial charge in [0.15, 0.2) is 0 Å².